The number of rotatable bonds is 3. The highest BCUT2D eigenvalue weighted by Gasteiger charge is 1.98. The summed E-state index contributed by atoms with van der Waals surface area (Å²) in [5.74, 6) is 0.289. The summed E-state index contributed by atoms with van der Waals surface area (Å²) < 4.78 is 11.8. The van der Waals surface area contributed by atoms with E-state index in [1.165, 1.54) is 0 Å². The number of aromatic nitrogens is 1. The number of hydrogen-bond donors (Lipinski definition) is 0. The molecule has 58 valence electrons. The van der Waals surface area contributed by atoms with Crippen molar-refractivity contribution in [1.82, 2.24) is 4.98 Å². The fourth-order valence-corrected chi connectivity index (χ4v) is 0.991. The Labute approximate surface area is 69.6 Å². The minimum Gasteiger partial charge on any atom is -0.257 e. The fraction of sp³-hybridized carbons (Fsp3) is 0.125. The molecule has 0 unspecified atom stereocenters. The monoisotopic (exact) mass is 169 g/mol. The van der Waals surface area contributed by atoms with Gasteiger partial charge in [-0.25, -0.2) is 0 Å². The van der Waals surface area contributed by atoms with E-state index in [0.29, 0.717) is 0 Å². The highest BCUT2D eigenvalue weighted by atomic mass is 32.2. The predicted molar refractivity (Wildman–Crippen MR) is 46.8 cm³/mol. The molecule has 0 aliphatic heterocycles. The van der Waals surface area contributed by atoms with Crippen LogP contribution in [0.2, 0.25) is 0 Å². The van der Waals surface area contributed by atoms with E-state index >= 15 is 0 Å². The number of nitrogens with zero attached hydrogens (tertiary/aromatic N) is 1. The van der Waals surface area contributed by atoms with Gasteiger partial charge in [-0.2, -0.15) is 3.89 Å². The van der Waals surface area contributed by atoms with Gasteiger partial charge >= 0.3 is 0 Å². The third-order valence-corrected chi connectivity index (χ3v) is 1.71. The Bertz CT molecular complexity index is 235. The van der Waals surface area contributed by atoms with Gasteiger partial charge in [0.15, 0.2) is 0 Å². The third kappa shape index (κ3) is 2.35. The van der Waals surface area contributed by atoms with Crippen molar-refractivity contribution in [3.05, 3.63) is 36.7 Å². The molecular weight excluding hydrogens is 161 g/mol. The molecule has 0 amide bonds. The zero-order valence-electron chi connectivity index (χ0n) is 5.96. The van der Waals surface area contributed by atoms with Crippen LogP contribution in [0.4, 0.5) is 3.89 Å². The van der Waals surface area contributed by atoms with E-state index in [-0.39, 0.29) is 17.9 Å². The molecule has 1 aromatic heterocycles. The second kappa shape index (κ2) is 4.13. The second-order valence-electron chi connectivity index (χ2n) is 2.07. The molecule has 0 aliphatic rings. The SMILES string of the molecule is C=C(CSF)c1ccccn1. The van der Waals surface area contributed by atoms with Gasteiger partial charge in [0.2, 0.25) is 0 Å². The van der Waals surface area contributed by atoms with E-state index in [4.69, 9.17) is 0 Å². The van der Waals surface area contributed by atoms with Gasteiger partial charge in [0.1, 0.15) is 0 Å². The summed E-state index contributed by atoms with van der Waals surface area (Å²) in [5, 5.41) is 0. The van der Waals surface area contributed by atoms with Crippen LogP contribution in [-0.2, 0) is 0 Å². The van der Waals surface area contributed by atoms with Crippen LogP contribution in [0.3, 0.4) is 0 Å². The Hall–Kier alpha value is -0.830. The van der Waals surface area contributed by atoms with Crippen LogP contribution < -0.4 is 0 Å². The standard InChI is InChI=1S/C8H8FNS/c1-7(6-11-9)8-4-2-3-5-10-8/h2-5H,1,6H2. The van der Waals surface area contributed by atoms with E-state index < -0.39 is 0 Å². The van der Waals surface area contributed by atoms with Crippen LogP contribution in [0.1, 0.15) is 5.69 Å². The topological polar surface area (TPSA) is 12.9 Å². The van der Waals surface area contributed by atoms with Crippen molar-refractivity contribution in [2.24, 2.45) is 0 Å². The summed E-state index contributed by atoms with van der Waals surface area (Å²) in [7, 11) is 0. The number of halogens is 1. The van der Waals surface area contributed by atoms with E-state index in [2.05, 4.69) is 11.6 Å². The average Bonchev–Trinajstić information content (AvgIpc) is 2.07. The Balaban J connectivity index is 2.69. The quantitative estimate of drug-likeness (QED) is 0.690. The zero-order valence-corrected chi connectivity index (χ0v) is 6.77. The molecule has 0 aliphatic carbocycles. The van der Waals surface area contributed by atoms with Crippen molar-refractivity contribution in [2.45, 2.75) is 0 Å². The number of pyridine rings is 1. The third-order valence-electron chi connectivity index (χ3n) is 1.26. The molecule has 0 atom stereocenters. The lowest BCUT2D eigenvalue weighted by atomic mass is 10.2. The van der Waals surface area contributed by atoms with Crippen molar-refractivity contribution in [3.63, 3.8) is 0 Å². The summed E-state index contributed by atoms with van der Waals surface area (Å²) in [5.41, 5.74) is 1.48. The molecule has 0 spiro atoms. The largest absolute Gasteiger partial charge is 0.257 e. The van der Waals surface area contributed by atoms with Gasteiger partial charge in [0.05, 0.1) is 11.4 Å². The molecule has 0 fully saturated rings. The fourth-order valence-electron chi connectivity index (χ4n) is 0.712. The molecule has 0 bridgehead atoms. The first-order chi connectivity index (χ1) is 5.34. The number of hydrogen-bond acceptors (Lipinski definition) is 2. The second-order valence-corrected chi connectivity index (χ2v) is 2.58. The molecule has 0 radical (unpaired) electrons. The zero-order chi connectivity index (χ0) is 8.10. The van der Waals surface area contributed by atoms with Gasteiger partial charge in [0, 0.05) is 18.3 Å². The Morgan fingerprint density at radius 2 is 2.45 bits per heavy atom. The van der Waals surface area contributed by atoms with Gasteiger partial charge in [-0.3, -0.25) is 4.98 Å². The van der Waals surface area contributed by atoms with E-state index in [1.54, 1.807) is 6.20 Å². The Morgan fingerprint density at radius 1 is 1.64 bits per heavy atom. The van der Waals surface area contributed by atoms with Crippen molar-refractivity contribution in [1.29, 1.82) is 0 Å². The maximum atomic E-state index is 11.8. The summed E-state index contributed by atoms with van der Waals surface area (Å²) >= 11 is 0.265. The molecule has 1 heterocycles. The predicted octanol–water partition coefficient (Wildman–Crippen LogP) is 2.71. The first-order valence-electron chi connectivity index (χ1n) is 3.17. The van der Waals surface area contributed by atoms with E-state index in [1.807, 2.05) is 18.2 Å². The van der Waals surface area contributed by atoms with Crippen molar-refractivity contribution < 1.29 is 3.89 Å². The summed E-state index contributed by atoms with van der Waals surface area (Å²) in [6.45, 7) is 3.69. The van der Waals surface area contributed by atoms with Crippen molar-refractivity contribution >= 4 is 17.7 Å². The van der Waals surface area contributed by atoms with E-state index in [0.717, 1.165) is 11.3 Å². The molecule has 0 aromatic carbocycles. The minimum atomic E-state index is 0.265. The smallest absolute Gasteiger partial charge is 0.0665 e. The van der Waals surface area contributed by atoms with Crippen LogP contribution in [0, 0.1) is 0 Å². The minimum absolute atomic E-state index is 0.265. The molecule has 1 aromatic rings. The van der Waals surface area contributed by atoms with Crippen LogP contribution in [-0.4, -0.2) is 10.7 Å². The van der Waals surface area contributed by atoms with Gasteiger partial charge in [-0.15, -0.1) is 0 Å². The lowest BCUT2D eigenvalue weighted by molar-refractivity contribution is 0.940. The molecule has 1 nitrogen and oxygen atoms in total. The Morgan fingerprint density at radius 3 is 3.00 bits per heavy atom. The van der Waals surface area contributed by atoms with Crippen LogP contribution in [0.15, 0.2) is 31.0 Å². The van der Waals surface area contributed by atoms with Gasteiger partial charge < -0.3 is 0 Å². The summed E-state index contributed by atoms with van der Waals surface area (Å²) in [6.07, 6.45) is 1.67. The van der Waals surface area contributed by atoms with Crippen molar-refractivity contribution in [3.8, 4) is 0 Å². The molecule has 3 heteroatoms. The molecule has 11 heavy (non-hydrogen) atoms. The van der Waals surface area contributed by atoms with Gasteiger partial charge in [0.25, 0.3) is 0 Å². The van der Waals surface area contributed by atoms with Crippen LogP contribution >= 0.6 is 12.1 Å². The lowest BCUT2D eigenvalue weighted by Gasteiger charge is -1.98. The highest BCUT2D eigenvalue weighted by Crippen LogP contribution is 2.15. The van der Waals surface area contributed by atoms with Gasteiger partial charge in [-0.1, -0.05) is 12.6 Å². The molecule has 0 saturated carbocycles. The lowest BCUT2D eigenvalue weighted by Crippen LogP contribution is -1.87. The maximum absolute atomic E-state index is 11.8. The first-order valence-corrected chi connectivity index (χ1v) is 4.06. The average molecular weight is 169 g/mol. The van der Waals surface area contributed by atoms with Crippen LogP contribution in [0.5, 0.6) is 0 Å². The molecule has 0 saturated heterocycles. The summed E-state index contributed by atoms with van der Waals surface area (Å²) in [4.78, 5) is 4.02. The molecule has 0 N–H and O–H groups in total. The van der Waals surface area contributed by atoms with Crippen LogP contribution in [0.25, 0.3) is 5.57 Å². The highest BCUT2D eigenvalue weighted by molar-refractivity contribution is 7.94. The summed E-state index contributed by atoms with van der Waals surface area (Å²) in [6, 6.07) is 5.49. The molecule has 1 rings (SSSR count). The van der Waals surface area contributed by atoms with Gasteiger partial charge in [-0.05, 0) is 17.7 Å². The Kier molecular flexibility index (Phi) is 3.11. The first kappa shape index (κ1) is 8.27. The molecular formula is C8H8FNS. The normalized spacial score (nSPS) is 9.55. The van der Waals surface area contributed by atoms with E-state index in [9.17, 15) is 3.89 Å². The van der Waals surface area contributed by atoms with Crippen molar-refractivity contribution in [2.75, 3.05) is 5.75 Å². The maximum Gasteiger partial charge on any atom is 0.0665 e.